The maximum Gasteiger partial charge on any atom is 0.0210 e. The van der Waals surface area contributed by atoms with Crippen molar-refractivity contribution in [2.75, 3.05) is 0 Å². The van der Waals surface area contributed by atoms with E-state index in [2.05, 4.69) is 33.8 Å². The van der Waals surface area contributed by atoms with Gasteiger partial charge in [0.2, 0.25) is 0 Å². The van der Waals surface area contributed by atoms with Crippen LogP contribution in [0.5, 0.6) is 0 Å². The molecule has 0 heterocycles. The third-order valence-corrected chi connectivity index (χ3v) is 2.34. The summed E-state index contributed by atoms with van der Waals surface area (Å²) >= 11 is 3.49. The summed E-state index contributed by atoms with van der Waals surface area (Å²) in [6.45, 7) is 1.97. The molecule has 0 bridgehead atoms. The molecule has 1 rings (SSSR count). The van der Waals surface area contributed by atoms with Crippen molar-refractivity contribution in [2.45, 2.75) is 13.3 Å². The SMILES string of the molecule is CC=C=CCc1ccccc1Br. The minimum Gasteiger partial charge on any atom is -0.130 e. The number of rotatable bonds is 2. The molecule has 0 fully saturated rings. The van der Waals surface area contributed by atoms with Crippen LogP contribution in [0.3, 0.4) is 0 Å². The van der Waals surface area contributed by atoms with Gasteiger partial charge in [-0.3, -0.25) is 0 Å². The Morgan fingerprint density at radius 1 is 1.42 bits per heavy atom. The molecule has 62 valence electrons. The second-order valence-electron chi connectivity index (χ2n) is 2.45. The van der Waals surface area contributed by atoms with Crippen LogP contribution in [0.15, 0.2) is 46.6 Å². The zero-order valence-electron chi connectivity index (χ0n) is 7.05. The van der Waals surface area contributed by atoms with E-state index in [0.29, 0.717) is 0 Å². The lowest BCUT2D eigenvalue weighted by Gasteiger charge is -1.97. The lowest BCUT2D eigenvalue weighted by molar-refractivity contribution is 1.25. The lowest BCUT2D eigenvalue weighted by atomic mass is 10.1. The minimum atomic E-state index is 0.936. The van der Waals surface area contributed by atoms with Crippen molar-refractivity contribution in [1.29, 1.82) is 0 Å². The van der Waals surface area contributed by atoms with E-state index in [4.69, 9.17) is 0 Å². The first-order valence-electron chi connectivity index (χ1n) is 3.93. The summed E-state index contributed by atoms with van der Waals surface area (Å²) in [7, 11) is 0. The monoisotopic (exact) mass is 222 g/mol. The third-order valence-electron chi connectivity index (χ3n) is 1.56. The number of benzene rings is 1. The summed E-state index contributed by atoms with van der Waals surface area (Å²) in [5.74, 6) is 0. The number of hydrogen-bond donors (Lipinski definition) is 0. The van der Waals surface area contributed by atoms with Gasteiger partial charge in [0.15, 0.2) is 0 Å². The first-order chi connectivity index (χ1) is 5.84. The van der Waals surface area contributed by atoms with Crippen LogP contribution in [-0.2, 0) is 6.42 Å². The first kappa shape index (κ1) is 9.31. The largest absolute Gasteiger partial charge is 0.130 e. The molecule has 0 nitrogen and oxygen atoms in total. The Balaban J connectivity index is 2.76. The van der Waals surface area contributed by atoms with E-state index in [1.807, 2.05) is 31.2 Å². The maximum absolute atomic E-state index is 3.49. The van der Waals surface area contributed by atoms with Crippen molar-refractivity contribution in [3.63, 3.8) is 0 Å². The molecule has 0 aliphatic heterocycles. The highest BCUT2D eigenvalue weighted by Gasteiger charge is 1.93. The minimum absolute atomic E-state index is 0.936. The Bertz CT molecular complexity index is 307. The number of halogens is 1. The van der Waals surface area contributed by atoms with Gasteiger partial charge in [0, 0.05) is 4.47 Å². The molecule has 1 aromatic rings. The molecule has 0 spiro atoms. The second kappa shape index (κ2) is 4.97. The summed E-state index contributed by atoms with van der Waals surface area (Å²) in [5.41, 5.74) is 4.35. The van der Waals surface area contributed by atoms with Gasteiger partial charge in [-0.25, -0.2) is 0 Å². The van der Waals surface area contributed by atoms with Gasteiger partial charge in [0.25, 0.3) is 0 Å². The first-order valence-corrected chi connectivity index (χ1v) is 4.73. The highest BCUT2D eigenvalue weighted by Crippen LogP contribution is 2.16. The summed E-state index contributed by atoms with van der Waals surface area (Å²) in [6, 6.07) is 8.23. The molecule has 1 heteroatoms. The molecule has 0 amide bonds. The Labute approximate surface area is 81.7 Å². The van der Waals surface area contributed by atoms with E-state index in [9.17, 15) is 0 Å². The van der Waals surface area contributed by atoms with Crippen molar-refractivity contribution in [3.8, 4) is 0 Å². The highest BCUT2D eigenvalue weighted by molar-refractivity contribution is 9.10. The van der Waals surface area contributed by atoms with Crippen LogP contribution in [0, 0.1) is 0 Å². The highest BCUT2D eigenvalue weighted by atomic mass is 79.9. The van der Waals surface area contributed by atoms with Gasteiger partial charge in [-0.15, -0.1) is 5.73 Å². The normalized spacial score (nSPS) is 8.83. The van der Waals surface area contributed by atoms with Gasteiger partial charge < -0.3 is 0 Å². The van der Waals surface area contributed by atoms with E-state index >= 15 is 0 Å². The standard InChI is InChI=1S/C11H11Br/c1-2-3-4-7-10-8-5-6-9-11(10)12/h2,4-6,8-9H,7H2,1H3. The lowest BCUT2D eigenvalue weighted by Crippen LogP contribution is -1.80. The summed E-state index contributed by atoms with van der Waals surface area (Å²) in [5, 5.41) is 0. The molecule has 0 aliphatic carbocycles. The fourth-order valence-corrected chi connectivity index (χ4v) is 1.40. The van der Waals surface area contributed by atoms with E-state index in [-0.39, 0.29) is 0 Å². The van der Waals surface area contributed by atoms with Gasteiger partial charge in [-0.2, -0.15) is 0 Å². The van der Waals surface area contributed by atoms with Gasteiger partial charge in [-0.05, 0) is 37.1 Å². The van der Waals surface area contributed by atoms with E-state index in [1.54, 1.807) is 0 Å². The molecule has 0 N–H and O–H groups in total. The van der Waals surface area contributed by atoms with Crippen molar-refractivity contribution >= 4 is 15.9 Å². The topological polar surface area (TPSA) is 0 Å². The van der Waals surface area contributed by atoms with Crippen LogP contribution < -0.4 is 0 Å². The maximum atomic E-state index is 3.49. The molecule has 0 aromatic heterocycles. The fourth-order valence-electron chi connectivity index (χ4n) is 0.951. The summed E-state index contributed by atoms with van der Waals surface area (Å²) in [4.78, 5) is 0. The molecule has 12 heavy (non-hydrogen) atoms. The predicted octanol–water partition coefficient (Wildman–Crippen LogP) is 3.72. The van der Waals surface area contributed by atoms with Gasteiger partial charge in [0.1, 0.15) is 0 Å². The number of allylic oxidation sites excluding steroid dienone is 1. The molecule has 0 saturated carbocycles. The Kier molecular flexibility index (Phi) is 3.86. The van der Waals surface area contributed by atoms with E-state index in [0.717, 1.165) is 6.42 Å². The van der Waals surface area contributed by atoms with Crippen molar-refractivity contribution < 1.29 is 0 Å². The molecular weight excluding hydrogens is 212 g/mol. The molecule has 0 unspecified atom stereocenters. The van der Waals surface area contributed by atoms with Crippen LogP contribution in [0.4, 0.5) is 0 Å². The van der Waals surface area contributed by atoms with Crippen molar-refractivity contribution in [1.82, 2.24) is 0 Å². The fraction of sp³-hybridized carbons (Fsp3) is 0.182. The summed E-state index contributed by atoms with van der Waals surface area (Å²) < 4.78 is 1.17. The molecule has 0 atom stereocenters. The van der Waals surface area contributed by atoms with Gasteiger partial charge in [0.05, 0.1) is 0 Å². The molecule has 0 radical (unpaired) electrons. The van der Waals surface area contributed by atoms with E-state index < -0.39 is 0 Å². The van der Waals surface area contributed by atoms with Crippen LogP contribution in [0.2, 0.25) is 0 Å². The quantitative estimate of drug-likeness (QED) is 0.670. The molecular formula is C11H11Br. The summed E-state index contributed by atoms with van der Waals surface area (Å²) in [6.07, 6.45) is 4.88. The van der Waals surface area contributed by atoms with Gasteiger partial charge >= 0.3 is 0 Å². The smallest absolute Gasteiger partial charge is 0.0210 e. The molecule has 0 saturated heterocycles. The Morgan fingerprint density at radius 2 is 2.17 bits per heavy atom. The van der Waals surface area contributed by atoms with E-state index in [1.165, 1.54) is 10.0 Å². The Morgan fingerprint density at radius 3 is 2.83 bits per heavy atom. The zero-order valence-corrected chi connectivity index (χ0v) is 8.64. The third kappa shape index (κ3) is 2.69. The van der Waals surface area contributed by atoms with Crippen LogP contribution in [-0.4, -0.2) is 0 Å². The van der Waals surface area contributed by atoms with Crippen LogP contribution >= 0.6 is 15.9 Å². The van der Waals surface area contributed by atoms with Crippen molar-refractivity contribution in [3.05, 3.63) is 52.2 Å². The van der Waals surface area contributed by atoms with Crippen LogP contribution in [0.25, 0.3) is 0 Å². The zero-order chi connectivity index (χ0) is 8.81. The van der Waals surface area contributed by atoms with Gasteiger partial charge in [-0.1, -0.05) is 34.1 Å². The average Bonchev–Trinajstić information content (AvgIpc) is 2.09. The average molecular weight is 223 g/mol. The van der Waals surface area contributed by atoms with Crippen LogP contribution in [0.1, 0.15) is 12.5 Å². The second-order valence-corrected chi connectivity index (χ2v) is 3.31. The molecule has 0 aliphatic rings. The predicted molar refractivity (Wildman–Crippen MR) is 56.2 cm³/mol. The van der Waals surface area contributed by atoms with Crippen molar-refractivity contribution in [2.24, 2.45) is 0 Å². The molecule has 1 aromatic carbocycles. The Hall–Kier alpha value is -0.780. The number of hydrogen-bond acceptors (Lipinski definition) is 0.